The lowest BCUT2D eigenvalue weighted by Crippen LogP contribution is -2.64. The molecule has 2 aromatic carbocycles. The lowest BCUT2D eigenvalue weighted by Gasteiger charge is -2.43. The minimum atomic E-state index is -0.349. The Morgan fingerprint density at radius 3 is 2.14 bits per heavy atom. The molecule has 4 rings (SSSR count). The van der Waals surface area contributed by atoms with Crippen LogP contribution in [0.1, 0.15) is 28.8 Å². The highest BCUT2D eigenvalue weighted by atomic mass is 16.2. The van der Waals surface area contributed by atoms with E-state index in [1.807, 2.05) is 53.4 Å². The molecule has 2 saturated heterocycles. The van der Waals surface area contributed by atoms with Gasteiger partial charge in [-0.25, -0.2) is 0 Å². The van der Waals surface area contributed by atoms with Gasteiger partial charge in [-0.1, -0.05) is 48.5 Å². The summed E-state index contributed by atoms with van der Waals surface area (Å²) in [5.41, 5.74) is 1.58. The highest BCUT2D eigenvalue weighted by molar-refractivity contribution is 5.94. The second-order valence-corrected chi connectivity index (χ2v) is 7.95. The van der Waals surface area contributed by atoms with Crippen molar-refractivity contribution in [1.82, 2.24) is 15.5 Å². The highest BCUT2D eigenvalue weighted by Crippen LogP contribution is 2.29. The van der Waals surface area contributed by atoms with E-state index >= 15 is 0 Å². The standard InChI is InChI=1S/C23H27N3O2/c27-21(19-9-5-2-6-10-19)26-13-11-20(12-14-26)25-22(28)23(16-24-17-23)15-18-7-3-1-4-8-18/h1-10,20,24H,11-17H2,(H,25,28). The molecule has 2 fully saturated rings. The van der Waals surface area contributed by atoms with Gasteiger partial charge < -0.3 is 15.5 Å². The molecule has 0 atom stereocenters. The quantitative estimate of drug-likeness (QED) is 0.840. The average molecular weight is 377 g/mol. The van der Waals surface area contributed by atoms with E-state index in [0.29, 0.717) is 13.1 Å². The molecule has 0 aliphatic carbocycles. The van der Waals surface area contributed by atoms with Crippen molar-refractivity contribution in [2.45, 2.75) is 25.3 Å². The summed E-state index contributed by atoms with van der Waals surface area (Å²) in [6.45, 7) is 2.81. The molecule has 0 radical (unpaired) electrons. The number of amides is 2. The molecule has 2 amide bonds. The van der Waals surface area contributed by atoms with Crippen LogP contribution in [-0.2, 0) is 11.2 Å². The summed E-state index contributed by atoms with van der Waals surface area (Å²) in [5, 5.41) is 6.53. The Morgan fingerprint density at radius 2 is 1.57 bits per heavy atom. The summed E-state index contributed by atoms with van der Waals surface area (Å²) < 4.78 is 0. The number of hydrogen-bond donors (Lipinski definition) is 2. The molecule has 28 heavy (non-hydrogen) atoms. The van der Waals surface area contributed by atoms with Gasteiger partial charge in [0, 0.05) is 37.8 Å². The Bertz CT molecular complexity index is 810. The Morgan fingerprint density at radius 1 is 0.964 bits per heavy atom. The van der Waals surface area contributed by atoms with Crippen LogP contribution in [0.4, 0.5) is 0 Å². The molecular formula is C23H27N3O2. The van der Waals surface area contributed by atoms with Crippen LogP contribution >= 0.6 is 0 Å². The third-order valence-electron chi connectivity index (χ3n) is 5.93. The number of carbonyl (C=O) groups excluding carboxylic acids is 2. The topological polar surface area (TPSA) is 61.4 Å². The van der Waals surface area contributed by atoms with Gasteiger partial charge in [-0.05, 0) is 37.0 Å². The first-order chi connectivity index (χ1) is 13.7. The SMILES string of the molecule is O=C(c1ccccc1)N1CCC(NC(=O)C2(Cc3ccccc3)CNC2)CC1. The van der Waals surface area contributed by atoms with Crippen molar-refractivity contribution in [3.8, 4) is 0 Å². The maximum atomic E-state index is 13.0. The molecule has 2 N–H and O–H groups in total. The number of nitrogens with zero attached hydrogens (tertiary/aromatic N) is 1. The first kappa shape index (κ1) is 18.7. The number of nitrogens with one attached hydrogen (secondary N) is 2. The molecule has 0 unspecified atom stereocenters. The molecule has 2 heterocycles. The van der Waals surface area contributed by atoms with Gasteiger partial charge in [0.1, 0.15) is 0 Å². The van der Waals surface area contributed by atoms with Crippen molar-refractivity contribution in [3.05, 3.63) is 71.8 Å². The van der Waals surface area contributed by atoms with Crippen molar-refractivity contribution in [2.24, 2.45) is 5.41 Å². The van der Waals surface area contributed by atoms with Crippen molar-refractivity contribution < 1.29 is 9.59 Å². The average Bonchev–Trinajstić information content (AvgIpc) is 2.72. The lowest BCUT2D eigenvalue weighted by molar-refractivity contribution is -0.135. The van der Waals surface area contributed by atoms with Crippen LogP contribution in [0.5, 0.6) is 0 Å². The molecule has 0 aromatic heterocycles. The molecular weight excluding hydrogens is 350 g/mol. The van der Waals surface area contributed by atoms with E-state index in [0.717, 1.165) is 37.9 Å². The zero-order valence-electron chi connectivity index (χ0n) is 16.1. The summed E-state index contributed by atoms with van der Waals surface area (Å²) in [5.74, 6) is 0.219. The summed E-state index contributed by atoms with van der Waals surface area (Å²) in [6.07, 6.45) is 2.37. The van der Waals surface area contributed by atoms with Gasteiger partial charge in [-0.2, -0.15) is 0 Å². The van der Waals surface area contributed by atoms with Gasteiger partial charge in [-0.15, -0.1) is 0 Å². The Kier molecular flexibility index (Phi) is 5.44. The summed E-state index contributed by atoms with van der Waals surface area (Å²) in [4.78, 5) is 27.5. The second-order valence-electron chi connectivity index (χ2n) is 7.95. The fourth-order valence-corrected chi connectivity index (χ4v) is 4.11. The smallest absolute Gasteiger partial charge is 0.253 e. The fourth-order valence-electron chi connectivity index (χ4n) is 4.11. The fraction of sp³-hybridized carbons (Fsp3) is 0.391. The summed E-state index contributed by atoms with van der Waals surface area (Å²) in [7, 11) is 0. The summed E-state index contributed by atoms with van der Waals surface area (Å²) >= 11 is 0. The van der Waals surface area contributed by atoms with E-state index in [1.54, 1.807) is 0 Å². The zero-order chi connectivity index (χ0) is 19.4. The first-order valence-corrected chi connectivity index (χ1v) is 10.1. The second kappa shape index (κ2) is 8.15. The van der Waals surface area contributed by atoms with Crippen LogP contribution in [0.3, 0.4) is 0 Å². The van der Waals surface area contributed by atoms with Gasteiger partial charge in [0.15, 0.2) is 0 Å². The number of carbonyl (C=O) groups is 2. The molecule has 146 valence electrons. The predicted molar refractivity (Wildman–Crippen MR) is 109 cm³/mol. The molecule has 0 bridgehead atoms. The normalized spacial score (nSPS) is 18.9. The molecule has 5 nitrogen and oxygen atoms in total. The van der Waals surface area contributed by atoms with Crippen LogP contribution in [-0.4, -0.2) is 48.9 Å². The molecule has 2 aromatic rings. The molecule has 2 aliphatic rings. The Labute approximate surface area is 166 Å². The summed E-state index contributed by atoms with van der Waals surface area (Å²) in [6, 6.07) is 19.7. The van der Waals surface area contributed by atoms with E-state index in [1.165, 1.54) is 5.56 Å². The van der Waals surface area contributed by atoms with Gasteiger partial charge in [0.25, 0.3) is 5.91 Å². The third-order valence-corrected chi connectivity index (χ3v) is 5.93. The van der Waals surface area contributed by atoms with Crippen molar-refractivity contribution in [1.29, 1.82) is 0 Å². The molecule has 2 aliphatic heterocycles. The van der Waals surface area contributed by atoms with Gasteiger partial charge in [0.2, 0.25) is 5.91 Å². The number of rotatable bonds is 5. The third kappa shape index (κ3) is 3.94. The number of hydrogen-bond acceptors (Lipinski definition) is 3. The van der Waals surface area contributed by atoms with E-state index in [-0.39, 0.29) is 23.3 Å². The molecule has 5 heteroatoms. The van der Waals surface area contributed by atoms with E-state index in [4.69, 9.17) is 0 Å². The van der Waals surface area contributed by atoms with Gasteiger partial charge in [-0.3, -0.25) is 9.59 Å². The van der Waals surface area contributed by atoms with Gasteiger partial charge >= 0.3 is 0 Å². The number of benzene rings is 2. The Hall–Kier alpha value is -2.66. The van der Waals surface area contributed by atoms with Crippen LogP contribution in [0.15, 0.2) is 60.7 Å². The van der Waals surface area contributed by atoms with Crippen molar-refractivity contribution in [2.75, 3.05) is 26.2 Å². The minimum Gasteiger partial charge on any atom is -0.353 e. The van der Waals surface area contributed by atoms with E-state index < -0.39 is 0 Å². The van der Waals surface area contributed by atoms with Crippen LogP contribution < -0.4 is 10.6 Å². The predicted octanol–water partition coefficient (Wildman–Crippen LogP) is 2.24. The first-order valence-electron chi connectivity index (χ1n) is 10.1. The van der Waals surface area contributed by atoms with Crippen LogP contribution in [0, 0.1) is 5.41 Å². The largest absolute Gasteiger partial charge is 0.353 e. The Balaban J connectivity index is 1.32. The monoisotopic (exact) mass is 377 g/mol. The molecule has 0 spiro atoms. The van der Waals surface area contributed by atoms with E-state index in [9.17, 15) is 9.59 Å². The van der Waals surface area contributed by atoms with E-state index in [2.05, 4.69) is 22.8 Å². The maximum absolute atomic E-state index is 13.0. The highest BCUT2D eigenvalue weighted by Gasteiger charge is 2.44. The number of likely N-dealkylation sites (tertiary alicyclic amines) is 1. The lowest BCUT2D eigenvalue weighted by atomic mass is 9.75. The number of piperidine rings is 1. The van der Waals surface area contributed by atoms with Crippen LogP contribution in [0.25, 0.3) is 0 Å². The van der Waals surface area contributed by atoms with Crippen molar-refractivity contribution >= 4 is 11.8 Å². The van der Waals surface area contributed by atoms with Gasteiger partial charge in [0.05, 0.1) is 5.41 Å². The minimum absolute atomic E-state index is 0.0779. The van der Waals surface area contributed by atoms with Crippen molar-refractivity contribution in [3.63, 3.8) is 0 Å². The van der Waals surface area contributed by atoms with Crippen LogP contribution in [0.2, 0.25) is 0 Å². The maximum Gasteiger partial charge on any atom is 0.253 e. The zero-order valence-corrected chi connectivity index (χ0v) is 16.1. The molecule has 0 saturated carbocycles.